The molecule has 20 heavy (non-hydrogen) atoms. The summed E-state index contributed by atoms with van der Waals surface area (Å²) in [6.07, 6.45) is 2.75. The predicted octanol–water partition coefficient (Wildman–Crippen LogP) is 0.998. The van der Waals surface area contributed by atoms with E-state index in [2.05, 4.69) is 5.32 Å². The zero-order valence-corrected chi connectivity index (χ0v) is 11.1. The summed E-state index contributed by atoms with van der Waals surface area (Å²) in [5.41, 5.74) is 0.778. The van der Waals surface area contributed by atoms with Crippen LogP contribution in [0.5, 0.6) is 0 Å². The van der Waals surface area contributed by atoms with Crippen LogP contribution < -0.4 is 10.4 Å². The van der Waals surface area contributed by atoms with Crippen LogP contribution in [0.3, 0.4) is 0 Å². The molecule has 1 aliphatic rings. The van der Waals surface area contributed by atoms with Crippen LogP contribution in [0.25, 0.3) is 0 Å². The largest absolute Gasteiger partial charge is 0.550 e. The molecule has 0 bridgehead atoms. The molecule has 0 spiro atoms. The minimum Gasteiger partial charge on any atom is -0.550 e. The Hall–Kier alpha value is -1.91. The fourth-order valence-electron chi connectivity index (χ4n) is 2.65. The van der Waals surface area contributed by atoms with Crippen molar-refractivity contribution in [3.8, 4) is 0 Å². The van der Waals surface area contributed by atoms with Crippen LogP contribution in [-0.2, 0) is 16.1 Å². The molecule has 2 atom stereocenters. The van der Waals surface area contributed by atoms with Gasteiger partial charge in [0.15, 0.2) is 0 Å². The number of hydrogen-bond donors (Lipinski definition) is 1. The normalized spacial score (nSPS) is 22.2. The third-order valence-electron chi connectivity index (χ3n) is 3.79. The lowest BCUT2D eigenvalue weighted by Crippen LogP contribution is -2.44. The first-order chi connectivity index (χ1) is 9.58. The van der Waals surface area contributed by atoms with Gasteiger partial charge in [-0.3, -0.25) is 4.79 Å². The minimum atomic E-state index is -1.15. The number of amides is 1. The second kappa shape index (κ2) is 6.50. The molecule has 0 unspecified atom stereocenters. The van der Waals surface area contributed by atoms with E-state index >= 15 is 0 Å². The van der Waals surface area contributed by atoms with Crippen LogP contribution in [0.1, 0.15) is 31.2 Å². The minimum absolute atomic E-state index is 0.261. The van der Waals surface area contributed by atoms with Gasteiger partial charge in [0, 0.05) is 24.3 Å². The molecular formula is C15H17FNO3-. The molecule has 1 amide bonds. The van der Waals surface area contributed by atoms with Crippen LogP contribution in [-0.4, -0.2) is 11.9 Å². The predicted molar refractivity (Wildman–Crippen MR) is 68.7 cm³/mol. The van der Waals surface area contributed by atoms with E-state index in [1.165, 1.54) is 12.1 Å². The molecule has 1 N–H and O–H groups in total. The van der Waals surface area contributed by atoms with E-state index in [4.69, 9.17) is 0 Å². The first-order valence-corrected chi connectivity index (χ1v) is 6.81. The zero-order valence-electron chi connectivity index (χ0n) is 11.1. The zero-order chi connectivity index (χ0) is 14.5. The Morgan fingerprint density at radius 2 is 1.75 bits per heavy atom. The molecule has 1 fully saturated rings. The van der Waals surface area contributed by atoms with E-state index in [-0.39, 0.29) is 18.3 Å². The van der Waals surface area contributed by atoms with Gasteiger partial charge in [-0.05, 0) is 30.5 Å². The van der Waals surface area contributed by atoms with Gasteiger partial charge in [-0.25, -0.2) is 4.39 Å². The van der Waals surface area contributed by atoms with Crippen molar-refractivity contribution in [2.45, 2.75) is 32.2 Å². The van der Waals surface area contributed by atoms with Crippen molar-refractivity contribution in [1.82, 2.24) is 5.32 Å². The molecule has 1 aromatic carbocycles. The van der Waals surface area contributed by atoms with Gasteiger partial charge >= 0.3 is 0 Å². The molecule has 108 valence electrons. The highest BCUT2D eigenvalue weighted by atomic mass is 19.1. The molecule has 0 aliphatic heterocycles. The van der Waals surface area contributed by atoms with Crippen LogP contribution >= 0.6 is 0 Å². The van der Waals surface area contributed by atoms with Crippen molar-refractivity contribution in [2.75, 3.05) is 0 Å². The van der Waals surface area contributed by atoms with Gasteiger partial charge in [0.05, 0.1) is 0 Å². The molecule has 1 saturated carbocycles. The Kier molecular flexibility index (Phi) is 4.71. The third-order valence-corrected chi connectivity index (χ3v) is 3.79. The number of hydrogen-bond acceptors (Lipinski definition) is 3. The van der Waals surface area contributed by atoms with Crippen molar-refractivity contribution in [2.24, 2.45) is 11.8 Å². The summed E-state index contributed by atoms with van der Waals surface area (Å²) in [5.74, 6) is -2.95. The molecule has 0 heterocycles. The summed E-state index contributed by atoms with van der Waals surface area (Å²) in [6.45, 7) is 0.273. The topological polar surface area (TPSA) is 69.2 Å². The lowest BCUT2D eigenvalue weighted by Gasteiger charge is -2.31. The van der Waals surface area contributed by atoms with Crippen molar-refractivity contribution in [3.63, 3.8) is 0 Å². The number of benzene rings is 1. The Morgan fingerprint density at radius 1 is 1.15 bits per heavy atom. The van der Waals surface area contributed by atoms with E-state index in [1.807, 2.05) is 0 Å². The molecule has 0 saturated heterocycles. The SMILES string of the molecule is O=C([O-])[C@H]1CCCC[C@H]1C(=O)NCc1ccc(F)cc1. The molecule has 4 nitrogen and oxygen atoms in total. The summed E-state index contributed by atoms with van der Waals surface area (Å²) in [6, 6.07) is 5.83. The maximum Gasteiger partial charge on any atom is 0.224 e. The lowest BCUT2D eigenvalue weighted by atomic mass is 9.78. The Balaban J connectivity index is 1.93. The van der Waals surface area contributed by atoms with Gasteiger partial charge in [-0.1, -0.05) is 25.0 Å². The molecule has 0 aromatic heterocycles. The number of carboxylic acids is 1. The summed E-state index contributed by atoms with van der Waals surface area (Å²) in [7, 11) is 0. The number of aliphatic carboxylic acids is 1. The molecule has 2 rings (SSSR count). The Bertz CT molecular complexity index is 486. The summed E-state index contributed by atoms with van der Waals surface area (Å²) in [5, 5.41) is 13.8. The monoisotopic (exact) mass is 278 g/mol. The molecule has 0 radical (unpaired) electrons. The van der Waals surface area contributed by atoms with Crippen LogP contribution in [0, 0.1) is 17.7 Å². The molecule has 5 heteroatoms. The maximum atomic E-state index is 12.8. The van der Waals surface area contributed by atoms with E-state index in [9.17, 15) is 19.1 Å². The van der Waals surface area contributed by atoms with Crippen molar-refractivity contribution in [1.29, 1.82) is 0 Å². The summed E-state index contributed by atoms with van der Waals surface area (Å²) in [4.78, 5) is 23.1. The lowest BCUT2D eigenvalue weighted by molar-refractivity contribution is -0.314. The maximum absolute atomic E-state index is 12.8. The molecule has 1 aromatic rings. The number of carbonyl (C=O) groups excluding carboxylic acids is 2. The van der Waals surface area contributed by atoms with Crippen molar-refractivity contribution in [3.05, 3.63) is 35.6 Å². The van der Waals surface area contributed by atoms with E-state index < -0.39 is 17.8 Å². The van der Waals surface area contributed by atoms with Crippen LogP contribution in [0.4, 0.5) is 4.39 Å². The van der Waals surface area contributed by atoms with E-state index in [0.29, 0.717) is 12.8 Å². The van der Waals surface area contributed by atoms with Crippen molar-refractivity contribution < 1.29 is 19.1 Å². The second-order valence-corrected chi connectivity index (χ2v) is 5.16. The average Bonchev–Trinajstić information content (AvgIpc) is 2.46. The standard InChI is InChI=1S/C15H18FNO3/c16-11-7-5-10(6-8-11)9-17-14(18)12-3-1-2-4-13(12)15(19)20/h5-8,12-13H,1-4,9H2,(H,17,18)(H,19,20)/p-1/t12-,13+/m1/s1. The second-order valence-electron chi connectivity index (χ2n) is 5.16. The number of carboxylic acid groups (broad SMARTS) is 1. The van der Waals surface area contributed by atoms with Gasteiger partial charge < -0.3 is 15.2 Å². The van der Waals surface area contributed by atoms with Gasteiger partial charge in [0.25, 0.3) is 0 Å². The Morgan fingerprint density at radius 3 is 2.35 bits per heavy atom. The van der Waals surface area contributed by atoms with Gasteiger partial charge in [-0.2, -0.15) is 0 Å². The fraction of sp³-hybridized carbons (Fsp3) is 0.467. The number of nitrogens with one attached hydrogen (secondary N) is 1. The average molecular weight is 278 g/mol. The van der Waals surface area contributed by atoms with Crippen LogP contribution in [0.15, 0.2) is 24.3 Å². The third kappa shape index (κ3) is 3.56. The number of carbonyl (C=O) groups is 2. The summed E-state index contributed by atoms with van der Waals surface area (Å²) < 4.78 is 12.8. The van der Waals surface area contributed by atoms with Gasteiger partial charge in [0.1, 0.15) is 5.82 Å². The smallest absolute Gasteiger partial charge is 0.224 e. The van der Waals surface area contributed by atoms with Crippen molar-refractivity contribution >= 4 is 11.9 Å². The highest BCUT2D eigenvalue weighted by Crippen LogP contribution is 2.29. The van der Waals surface area contributed by atoms with Gasteiger partial charge in [-0.15, -0.1) is 0 Å². The molecule has 1 aliphatic carbocycles. The van der Waals surface area contributed by atoms with E-state index in [1.54, 1.807) is 12.1 Å². The van der Waals surface area contributed by atoms with E-state index in [0.717, 1.165) is 18.4 Å². The first kappa shape index (κ1) is 14.5. The number of rotatable bonds is 4. The number of halogens is 1. The van der Waals surface area contributed by atoms with Gasteiger partial charge in [0.2, 0.25) is 5.91 Å². The summed E-state index contributed by atoms with van der Waals surface area (Å²) >= 11 is 0. The highest BCUT2D eigenvalue weighted by Gasteiger charge is 2.31. The highest BCUT2D eigenvalue weighted by molar-refractivity contribution is 5.84. The fourth-order valence-corrected chi connectivity index (χ4v) is 2.65. The van der Waals surface area contributed by atoms with Crippen LogP contribution in [0.2, 0.25) is 0 Å². The first-order valence-electron chi connectivity index (χ1n) is 6.81. The molecular weight excluding hydrogens is 261 g/mol. The Labute approximate surface area is 117 Å². The quantitative estimate of drug-likeness (QED) is 0.893.